The van der Waals surface area contributed by atoms with Gasteiger partial charge in [0.1, 0.15) is 0 Å². The Morgan fingerprint density at radius 1 is 1.47 bits per heavy atom. The molecular formula is C16H24N2O. The van der Waals surface area contributed by atoms with Crippen molar-refractivity contribution in [3.05, 3.63) is 29.8 Å². The first-order chi connectivity index (χ1) is 9.08. The molecule has 0 bridgehead atoms. The van der Waals surface area contributed by atoms with Gasteiger partial charge in [-0.05, 0) is 37.8 Å². The largest absolute Gasteiger partial charge is 0.327 e. The monoisotopic (exact) mass is 260 g/mol. The molecule has 0 radical (unpaired) electrons. The van der Waals surface area contributed by atoms with Gasteiger partial charge in [-0.15, -0.1) is 0 Å². The van der Waals surface area contributed by atoms with Crippen LogP contribution in [0.5, 0.6) is 0 Å². The van der Waals surface area contributed by atoms with Gasteiger partial charge in [0.05, 0.1) is 5.41 Å². The summed E-state index contributed by atoms with van der Waals surface area (Å²) in [6.45, 7) is 4.13. The average Bonchev–Trinajstić information content (AvgIpc) is 2.74. The molecule has 1 saturated carbocycles. The Kier molecular flexibility index (Phi) is 4.25. The number of hydrogen-bond donors (Lipinski definition) is 2. The number of nitrogens with two attached hydrogens (primary N) is 1. The summed E-state index contributed by atoms with van der Waals surface area (Å²) in [5.41, 5.74) is 7.83. The maximum Gasteiger partial charge on any atom is 0.231 e. The number of para-hydroxylation sites is 1. The van der Waals surface area contributed by atoms with Crippen molar-refractivity contribution >= 4 is 11.6 Å². The maximum absolute atomic E-state index is 12.5. The van der Waals surface area contributed by atoms with Crippen molar-refractivity contribution in [1.29, 1.82) is 0 Å². The first-order valence-electron chi connectivity index (χ1n) is 7.23. The molecule has 0 saturated heterocycles. The second kappa shape index (κ2) is 5.74. The molecule has 104 valence electrons. The van der Waals surface area contributed by atoms with E-state index >= 15 is 0 Å². The molecule has 0 heterocycles. The molecule has 0 aromatic heterocycles. The average molecular weight is 260 g/mol. The number of benzene rings is 1. The van der Waals surface area contributed by atoms with Crippen LogP contribution in [0, 0.1) is 5.41 Å². The van der Waals surface area contributed by atoms with Crippen LogP contribution in [0.4, 0.5) is 5.69 Å². The highest BCUT2D eigenvalue weighted by atomic mass is 16.2. The predicted molar refractivity (Wildman–Crippen MR) is 79.0 cm³/mol. The van der Waals surface area contributed by atoms with Gasteiger partial charge in [-0.25, -0.2) is 0 Å². The minimum atomic E-state index is -0.417. The number of hydrogen-bond acceptors (Lipinski definition) is 2. The van der Waals surface area contributed by atoms with E-state index in [2.05, 4.69) is 18.3 Å². The van der Waals surface area contributed by atoms with E-state index in [1.165, 1.54) is 5.56 Å². The van der Waals surface area contributed by atoms with E-state index in [1.807, 2.05) is 25.1 Å². The molecule has 3 N–H and O–H groups in total. The lowest BCUT2D eigenvalue weighted by molar-refractivity contribution is -0.125. The number of nitrogens with one attached hydrogen (secondary N) is 1. The molecule has 2 unspecified atom stereocenters. The summed E-state index contributed by atoms with van der Waals surface area (Å²) < 4.78 is 0. The number of rotatable bonds is 4. The molecule has 1 aliphatic carbocycles. The van der Waals surface area contributed by atoms with Crippen molar-refractivity contribution in [1.82, 2.24) is 0 Å². The zero-order chi connectivity index (χ0) is 13.9. The van der Waals surface area contributed by atoms with Crippen molar-refractivity contribution in [2.24, 2.45) is 11.1 Å². The van der Waals surface area contributed by atoms with Crippen molar-refractivity contribution in [3.63, 3.8) is 0 Å². The van der Waals surface area contributed by atoms with Gasteiger partial charge in [-0.3, -0.25) is 4.79 Å². The quantitative estimate of drug-likeness (QED) is 0.874. The van der Waals surface area contributed by atoms with Crippen molar-refractivity contribution in [3.8, 4) is 0 Å². The molecule has 1 aromatic rings. The molecule has 1 fully saturated rings. The van der Waals surface area contributed by atoms with Crippen molar-refractivity contribution in [2.75, 3.05) is 5.32 Å². The maximum atomic E-state index is 12.5. The summed E-state index contributed by atoms with van der Waals surface area (Å²) in [6, 6.07) is 8.02. The van der Waals surface area contributed by atoms with Gasteiger partial charge in [0.2, 0.25) is 5.91 Å². The zero-order valence-electron chi connectivity index (χ0n) is 11.9. The van der Waals surface area contributed by atoms with Gasteiger partial charge in [0.25, 0.3) is 0 Å². The highest BCUT2D eigenvalue weighted by Crippen LogP contribution is 2.37. The van der Waals surface area contributed by atoms with Gasteiger partial charge < -0.3 is 11.1 Å². The summed E-state index contributed by atoms with van der Waals surface area (Å²) in [5.74, 6) is 0.0704. The van der Waals surface area contributed by atoms with Crippen LogP contribution in [0.15, 0.2) is 24.3 Å². The Morgan fingerprint density at radius 3 is 2.84 bits per heavy atom. The summed E-state index contributed by atoms with van der Waals surface area (Å²) >= 11 is 0. The lowest BCUT2D eigenvalue weighted by Gasteiger charge is -2.28. The molecule has 1 amide bonds. The van der Waals surface area contributed by atoms with Crippen LogP contribution in [0.1, 0.15) is 45.1 Å². The van der Waals surface area contributed by atoms with Crippen LogP contribution in [0.3, 0.4) is 0 Å². The van der Waals surface area contributed by atoms with E-state index < -0.39 is 5.41 Å². The third-order valence-electron chi connectivity index (χ3n) is 4.33. The molecule has 0 spiro atoms. The summed E-state index contributed by atoms with van der Waals surface area (Å²) in [5, 5.41) is 3.09. The predicted octanol–water partition coefficient (Wildman–Crippen LogP) is 3.10. The number of amides is 1. The molecule has 3 nitrogen and oxygen atoms in total. The standard InChI is InChI=1S/C16H24N2O/c1-3-7-12-8-4-5-9-13(12)18-15(19)16(2)11-6-10-14(16)17/h4-5,8-9,14H,3,6-7,10-11,17H2,1-2H3,(H,18,19). The van der Waals surface area contributed by atoms with E-state index in [-0.39, 0.29) is 11.9 Å². The van der Waals surface area contributed by atoms with Gasteiger partial charge in [0.15, 0.2) is 0 Å². The van der Waals surface area contributed by atoms with Crippen LogP contribution < -0.4 is 11.1 Å². The summed E-state index contributed by atoms with van der Waals surface area (Å²) in [6.07, 6.45) is 4.93. The fraction of sp³-hybridized carbons (Fsp3) is 0.562. The second-order valence-corrected chi connectivity index (χ2v) is 5.78. The van der Waals surface area contributed by atoms with Crippen LogP contribution in [0.2, 0.25) is 0 Å². The lowest BCUT2D eigenvalue weighted by atomic mass is 9.84. The van der Waals surface area contributed by atoms with E-state index in [4.69, 9.17) is 5.73 Å². The molecule has 19 heavy (non-hydrogen) atoms. The molecule has 1 aromatic carbocycles. The number of carbonyl (C=O) groups excluding carboxylic acids is 1. The topological polar surface area (TPSA) is 55.1 Å². The minimum absolute atomic E-state index is 0.0224. The molecule has 0 aliphatic heterocycles. The van der Waals surface area contributed by atoms with E-state index in [0.717, 1.165) is 37.8 Å². The fourth-order valence-electron chi connectivity index (χ4n) is 2.87. The Bertz CT molecular complexity index is 458. The van der Waals surface area contributed by atoms with Gasteiger partial charge in [0, 0.05) is 11.7 Å². The Morgan fingerprint density at radius 2 is 2.21 bits per heavy atom. The Balaban J connectivity index is 2.15. The second-order valence-electron chi connectivity index (χ2n) is 5.78. The normalized spacial score (nSPS) is 26.4. The number of carbonyl (C=O) groups is 1. The number of anilines is 1. The van der Waals surface area contributed by atoms with Crippen molar-refractivity contribution in [2.45, 2.75) is 52.0 Å². The third-order valence-corrected chi connectivity index (χ3v) is 4.33. The summed E-state index contributed by atoms with van der Waals surface area (Å²) in [7, 11) is 0. The first kappa shape index (κ1) is 14.1. The van der Waals surface area contributed by atoms with E-state index in [1.54, 1.807) is 0 Å². The van der Waals surface area contributed by atoms with Gasteiger partial charge in [-0.2, -0.15) is 0 Å². The third kappa shape index (κ3) is 2.81. The smallest absolute Gasteiger partial charge is 0.231 e. The fourth-order valence-corrected chi connectivity index (χ4v) is 2.87. The van der Waals surface area contributed by atoms with Crippen molar-refractivity contribution < 1.29 is 4.79 Å². The molecule has 2 rings (SSSR count). The van der Waals surface area contributed by atoms with Gasteiger partial charge in [-0.1, -0.05) is 38.0 Å². The van der Waals surface area contributed by atoms with Crippen LogP contribution in [0.25, 0.3) is 0 Å². The number of aryl methyl sites for hydroxylation is 1. The Labute approximate surface area is 115 Å². The van der Waals surface area contributed by atoms with Crippen LogP contribution in [-0.4, -0.2) is 11.9 Å². The van der Waals surface area contributed by atoms with E-state index in [0.29, 0.717) is 0 Å². The first-order valence-corrected chi connectivity index (χ1v) is 7.23. The van der Waals surface area contributed by atoms with Crippen LogP contribution in [-0.2, 0) is 11.2 Å². The SMILES string of the molecule is CCCc1ccccc1NC(=O)C1(C)CCCC1N. The lowest BCUT2D eigenvalue weighted by Crippen LogP contribution is -2.44. The highest BCUT2D eigenvalue weighted by Gasteiger charge is 2.43. The van der Waals surface area contributed by atoms with Gasteiger partial charge >= 0.3 is 0 Å². The highest BCUT2D eigenvalue weighted by molar-refractivity contribution is 5.96. The molecular weight excluding hydrogens is 236 g/mol. The summed E-state index contributed by atoms with van der Waals surface area (Å²) in [4.78, 5) is 12.5. The van der Waals surface area contributed by atoms with Crippen LogP contribution >= 0.6 is 0 Å². The molecule has 1 aliphatic rings. The molecule has 2 atom stereocenters. The zero-order valence-corrected chi connectivity index (χ0v) is 11.9. The minimum Gasteiger partial charge on any atom is -0.327 e. The molecule has 3 heteroatoms. The Hall–Kier alpha value is -1.35. The van der Waals surface area contributed by atoms with E-state index in [9.17, 15) is 4.79 Å².